The van der Waals surface area contributed by atoms with Crippen LogP contribution in [0.15, 0.2) is 24.3 Å². The van der Waals surface area contributed by atoms with Gasteiger partial charge in [-0.25, -0.2) is 0 Å². The molecule has 3 rings (SSSR count). The summed E-state index contributed by atoms with van der Waals surface area (Å²) in [5.41, 5.74) is 2.27. The third kappa shape index (κ3) is 2.91. The van der Waals surface area contributed by atoms with Crippen LogP contribution < -0.4 is 0 Å². The van der Waals surface area contributed by atoms with Crippen LogP contribution >= 0.6 is 0 Å². The first-order chi connectivity index (χ1) is 9.34. The Balaban J connectivity index is 1.68. The highest BCUT2D eigenvalue weighted by atomic mass is 16.1. The van der Waals surface area contributed by atoms with Gasteiger partial charge in [0.25, 0.3) is 0 Å². The number of aryl methyl sites for hydroxylation is 1. The zero-order chi connectivity index (χ0) is 13.1. The van der Waals surface area contributed by atoms with E-state index in [1.54, 1.807) is 0 Å². The van der Waals surface area contributed by atoms with E-state index < -0.39 is 0 Å². The Morgan fingerprint density at radius 1 is 0.947 bits per heavy atom. The summed E-state index contributed by atoms with van der Waals surface area (Å²) in [7, 11) is 0. The average molecular weight is 256 g/mol. The molecule has 0 amide bonds. The van der Waals surface area contributed by atoms with Crippen molar-refractivity contribution in [2.45, 2.75) is 57.8 Å². The molecule has 0 bridgehead atoms. The summed E-state index contributed by atoms with van der Waals surface area (Å²) in [6.45, 7) is 0. The molecule has 19 heavy (non-hydrogen) atoms. The fourth-order valence-corrected chi connectivity index (χ4v) is 3.89. The van der Waals surface area contributed by atoms with Crippen molar-refractivity contribution < 1.29 is 4.79 Å². The average Bonchev–Trinajstić information content (AvgIpc) is 2.71. The largest absolute Gasteiger partial charge is 0.294 e. The monoisotopic (exact) mass is 256 g/mol. The summed E-state index contributed by atoms with van der Waals surface area (Å²) < 4.78 is 0. The van der Waals surface area contributed by atoms with Crippen molar-refractivity contribution in [3.8, 4) is 0 Å². The van der Waals surface area contributed by atoms with Crippen molar-refractivity contribution in [1.82, 2.24) is 0 Å². The van der Waals surface area contributed by atoms with Gasteiger partial charge in [-0.1, -0.05) is 62.8 Å². The fourth-order valence-electron chi connectivity index (χ4n) is 3.89. The quantitative estimate of drug-likeness (QED) is 0.695. The second-order valence-corrected chi connectivity index (χ2v) is 6.35. The van der Waals surface area contributed by atoms with E-state index in [1.807, 2.05) is 12.1 Å². The molecule has 0 aliphatic heterocycles. The lowest BCUT2D eigenvalue weighted by molar-refractivity contribution is 0.0876. The first-order valence-corrected chi connectivity index (χ1v) is 7.96. The van der Waals surface area contributed by atoms with E-state index >= 15 is 0 Å². The van der Waals surface area contributed by atoms with Crippen LogP contribution in [0.1, 0.15) is 67.3 Å². The van der Waals surface area contributed by atoms with Crippen LogP contribution in [0.3, 0.4) is 0 Å². The number of carbonyl (C=O) groups excluding carboxylic acids is 1. The SMILES string of the molecule is O=C1c2ccccc2CCC1CC1CCCCCC1. The fraction of sp³-hybridized carbons (Fsp3) is 0.611. The molecule has 0 radical (unpaired) electrons. The summed E-state index contributed by atoms with van der Waals surface area (Å²) in [6.07, 6.45) is 11.6. The maximum absolute atomic E-state index is 12.6. The number of benzene rings is 1. The predicted octanol–water partition coefficient (Wildman–Crippen LogP) is 4.79. The van der Waals surface area contributed by atoms with Crippen molar-refractivity contribution in [1.29, 1.82) is 0 Å². The lowest BCUT2D eigenvalue weighted by atomic mass is 9.77. The first kappa shape index (κ1) is 12.9. The van der Waals surface area contributed by atoms with Crippen LogP contribution in [-0.4, -0.2) is 5.78 Å². The Bertz CT molecular complexity index is 441. The lowest BCUT2D eigenvalue weighted by Crippen LogP contribution is -2.24. The number of Topliss-reactive ketones (excluding diaryl/α,β-unsaturated/α-hetero) is 1. The second-order valence-electron chi connectivity index (χ2n) is 6.35. The van der Waals surface area contributed by atoms with Gasteiger partial charge >= 0.3 is 0 Å². The summed E-state index contributed by atoms with van der Waals surface area (Å²) >= 11 is 0. The molecule has 2 aliphatic carbocycles. The number of fused-ring (bicyclic) bond motifs is 1. The molecule has 0 N–H and O–H groups in total. The molecule has 1 saturated carbocycles. The smallest absolute Gasteiger partial charge is 0.166 e. The van der Waals surface area contributed by atoms with Gasteiger partial charge in [-0.05, 0) is 30.7 Å². The van der Waals surface area contributed by atoms with Gasteiger partial charge in [0.15, 0.2) is 5.78 Å². The third-order valence-corrected chi connectivity index (χ3v) is 5.01. The van der Waals surface area contributed by atoms with Crippen LogP contribution in [0.25, 0.3) is 0 Å². The Morgan fingerprint density at radius 2 is 1.68 bits per heavy atom. The molecule has 1 nitrogen and oxygen atoms in total. The summed E-state index contributed by atoms with van der Waals surface area (Å²) in [5, 5.41) is 0. The van der Waals surface area contributed by atoms with Crippen molar-refractivity contribution in [2.75, 3.05) is 0 Å². The van der Waals surface area contributed by atoms with Crippen molar-refractivity contribution in [3.63, 3.8) is 0 Å². The molecule has 1 unspecified atom stereocenters. The number of carbonyl (C=O) groups is 1. The molecule has 0 aromatic heterocycles. The van der Waals surface area contributed by atoms with E-state index in [0.717, 1.165) is 30.7 Å². The molecule has 1 aromatic rings. The zero-order valence-corrected chi connectivity index (χ0v) is 11.7. The Morgan fingerprint density at radius 3 is 2.47 bits per heavy atom. The van der Waals surface area contributed by atoms with Gasteiger partial charge in [-0.3, -0.25) is 4.79 Å². The Labute approximate surface area is 116 Å². The van der Waals surface area contributed by atoms with Crippen LogP contribution in [0, 0.1) is 11.8 Å². The van der Waals surface area contributed by atoms with E-state index in [2.05, 4.69) is 12.1 Å². The van der Waals surface area contributed by atoms with Gasteiger partial charge in [0, 0.05) is 11.5 Å². The van der Waals surface area contributed by atoms with E-state index in [9.17, 15) is 4.79 Å². The Hall–Kier alpha value is -1.11. The first-order valence-electron chi connectivity index (χ1n) is 7.96. The van der Waals surface area contributed by atoms with Crippen LogP contribution in [-0.2, 0) is 6.42 Å². The number of hydrogen-bond donors (Lipinski definition) is 0. The maximum Gasteiger partial charge on any atom is 0.166 e. The van der Waals surface area contributed by atoms with Crippen LogP contribution in [0.2, 0.25) is 0 Å². The molecular weight excluding hydrogens is 232 g/mol. The van der Waals surface area contributed by atoms with Gasteiger partial charge in [0.2, 0.25) is 0 Å². The van der Waals surface area contributed by atoms with Gasteiger partial charge < -0.3 is 0 Å². The van der Waals surface area contributed by atoms with Gasteiger partial charge in [-0.15, -0.1) is 0 Å². The van der Waals surface area contributed by atoms with Gasteiger partial charge in [0.05, 0.1) is 0 Å². The normalized spacial score (nSPS) is 24.8. The molecule has 0 heterocycles. The molecular formula is C18H24O. The van der Waals surface area contributed by atoms with Crippen LogP contribution in [0.4, 0.5) is 0 Å². The topological polar surface area (TPSA) is 17.1 Å². The van der Waals surface area contributed by atoms with Crippen LogP contribution in [0.5, 0.6) is 0 Å². The highest BCUT2D eigenvalue weighted by Gasteiger charge is 2.29. The van der Waals surface area contributed by atoms with E-state index in [0.29, 0.717) is 11.7 Å². The van der Waals surface area contributed by atoms with E-state index in [4.69, 9.17) is 0 Å². The molecule has 0 spiro atoms. The number of hydrogen-bond acceptors (Lipinski definition) is 1. The van der Waals surface area contributed by atoms with E-state index in [1.165, 1.54) is 44.1 Å². The highest BCUT2D eigenvalue weighted by molar-refractivity contribution is 6.00. The molecule has 102 valence electrons. The van der Waals surface area contributed by atoms with Crippen molar-refractivity contribution in [2.24, 2.45) is 11.8 Å². The summed E-state index contributed by atoms with van der Waals surface area (Å²) in [6, 6.07) is 8.20. The summed E-state index contributed by atoms with van der Waals surface area (Å²) in [5.74, 6) is 1.53. The number of rotatable bonds is 2. The standard InChI is InChI=1S/C18H24O/c19-18-16(13-14-7-3-1-2-4-8-14)12-11-15-9-5-6-10-17(15)18/h5-6,9-10,14,16H,1-4,7-8,11-13H2. The van der Waals surface area contributed by atoms with Crippen molar-refractivity contribution >= 4 is 5.78 Å². The van der Waals surface area contributed by atoms with Gasteiger partial charge in [-0.2, -0.15) is 0 Å². The molecule has 1 heteroatoms. The molecule has 0 saturated heterocycles. The minimum absolute atomic E-state index is 0.304. The van der Waals surface area contributed by atoms with E-state index in [-0.39, 0.29) is 0 Å². The van der Waals surface area contributed by atoms with Gasteiger partial charge in [0.1, 0.15) is 0 Å². The molecule has 2 aliphatic rings. The van der Waals surface area contributed by atoms with Crippen molar-refractivity contribution in [3.05, 3.63) is 35.4 Å². The third-order valence-electron chi connectivity index (χ3n) is 5.01. The maximum atomic E-state index is 12.6. The Kier molecular flexibility index (Phi) is 4.00. The molecule has 1 atom stereocenters. The minimum atomic E-state index is 0.304. The predicted molar refractivity (Wildman–Crippen MR) is 78.4 cm³/mol. The second kappa shape index (κ2) is 5.90. The zero-order valence-electron chi connectivity index (χ0n) is 11.7. The summed E-state index contributed by atoms with van der Waals surface area (Å²) in [4.78, 5) is 12.6. The molecule has 1 aromatic carbocycles. The minimum Gasteiger partial charge on any atom is -0.294 e. The highest BCUT2D eigenvalue weighted by Crippen LogP contribution is 2.34. The number of ketones is 1. The lowest BCUT2D eigenvalue weighted by Gasteiger charge is -2.26. The molecule has 1 fully saturated rings.